The molecule has 24 heavy (non-hydrogen) atoms. The number of aryl methyl sites for hydroxylation is 2. The molecule has 2 aromatic heterocycles. The van der Waals surface area contributed by atoms with E-state index in [1.807, 2.05) is 24.0 Å². The van der Waals surface area contributed by atoms with Gasteiger partial charge in [-0.25, -0.2) is 0 Å². The van der Waals surface area contributed by atoms with Crippen molar-refractivity contribution < 1.29 is 14.0 Å². The standard InChI is InChI=1S/C18H21N3O3/c1-14-2-3-16(24-14)4-5-17(22)20-10-12-21(13-11-20)18(23)15-6-8-19-9-7-15/h2-3,6-9H,4-5,10-13H2,1H3. The molecule has 0 saturated carbocycles. The SMILES string of the molecule is Cc1ccc(CCC(=O)N2CCN(C(=O)c3ccncc3)CC2)o1. The molecule has 1 aliphatic heterocycles. The van der Waals surface area contributed by atoms with Gasteiger partial charge in [0.15, 0.2) is 0 Å². The minimum Gasteiger partial charge on any atom is -0.466 e. The van der Waals surface area contributed by atoms with Crippen molar-refractivity contribution in [1.82, 2.24) is 14.8 Å². The van der Waals surface area contributed by atoms with Gasteiger partial charge in [0.1, 0.15) is 11.5 Å². The van der Waals surface area contributed by atoms with Gasteiger partial charge in [0.05, 0.1) is 0 Å². The van der Waals surface area contributed by atoms with Crippen LogP contribution in [0, 0.1) is 6.92 Å². The van der Waals surface area contributed by atoms with Crippen molar-refractivity contribution in [2.75, 3.05) is 26.2 Å². The first-order valence-corrected chi connectivity index (χ1v) is 8.16. The summed E-state index contributed by atoms with van der Waals surface area (Å²) in [5.74, 6) is 1.81. The van der Waals surface area contributed by atoms with Crippen molar-refractivity contribution in [1.29, 1.82) is 0 Å². The normalized spacial score (nSPS) is 14.7. The Labute approximate surface area is 141 Å². The lowest BCUT2D eigenvalue weighted by molar-refractivity contribution is -0.132. The smallest absolute Gasteiger partial charge is 0.254 e. The number of aromatic nitrogens is 1. The number of hydrogen-bond donors (Lipinski definition) is 0. The molecular weight excluding hydrogens is 306 g/mol. The predicted octanol–water partition coefficient (Wildman–Crippen LogP) is 1.90. The summed E-state index contributed by atoms with van der Waals surface area (Å²) < 4.78 is 5.49. The fraction of sp³-hybridized carbons (Fsp3) is 0.389. The Morgan fingerprint density at radius 3 is 2.33 bits per heavy atom. The largest absolute Gasteiger partial charge is 0.466 e. The number of carbonyl (C=O) groups is 2. The second-order valence-corrected chi connectivity index (χ2v) is 5.92. The Balaban J connectivity index is 1.47. The molecule has 1 fully saturated rings. The first kappa shape index (κ1) is 16.2. The number of pyridine rings is 1. The highest BCUT2D eigenvalue weighted by Gasteiger charge is 2.24. The van der Waals surface area contributed by atoms with Crippen LogP contribution in [0.4, 0.5) is 0 Å². The van der Waals surface area contributed by atoms with E-state index in [1.165, 1.54) is 0 Å². The van der Waals surface area contributed by atoms with Crippen LogP contribution in [-0.2, 0) is 11.2 Å². The summed E-state index contributed by atoms with van der Waals surface area (Å²) in [6.45, 7) is 4.17. The second kappa shape index (κ2) is 7.29. The van der Waals surface area contributed by atoms with Gasteiger partial charge in [-0.1, -0.05) is 0 Å². The molecule has 3 rings (SSSR count). The van der Waals surface area contributed by atoms with Crippen LogP contribution >= 0.6 is 0 Å². The molecule has 0 atom stereocenters. The third-order valence-electron chi connectivity index (χ3n) is 4.23. The van der Waals surface area contributed by atoms with E-state index in [0.717, 1.165) is 11.5 Å². The molecule has 2 amide bonds. The van der Waals surface area contributed by atoms with Crippen molar-refractivity contribution in [2.24, 2.45) is 0 Å². The highest BCUT2D eigenvalue weighted by molar-refractivity contribution is 5.94. The topological polar surface area (TPSA) is 66.7 Å². The van der Waals surface area contributed by atoms with Crippen LogP contribution in [0.5, 0.6) is 0 Å². The number of amides is 2. The van der Waals surface area contributed by atoms with Crippen molar-refractivity contribution in [3.8, 4) is 0 Å². The Bertz CT molecular complexity index is 703. The fourth-order valence-electron chi connectivity index (χ4n) is 2.84. The Kier molecular flexibility index (Phi) is 4.93. The number of furan rings is 1. The molecule has 6 nitrogen and oxygen atoms in total. The maximum Gasteiger partial charge on any atom is 0.254 e. The lowest BCUT2D eigenvalue weighted by Gasteiger charge is -2.34. The highest BCUT2D eigenvalue weighted by atomic mass is 16.3. The summed E-state index contributed by atoms with van der Waals surface area (Å²) in [5, 5.41) is 0. The van der Waals surface area contributed by atoms with Gasteiger partial charge in [0, 0.05) is 57.0 Å². The predicted molar refractivity (Wildman–Crippen MR) is 88.5 cm³/mol. The van der Waals surface area contributed by atoms with Crippen LogP contribution < -0.4 is 0 Å². The number of carbonyl (C=O) groups excluding carboxylic acids is 2. The second-order valence-electron chi connectivity index (χ2n) is 5.92. The number of rotatable bonds is 4. The Hall–Kier alpha value is -2.63. The minimum atomic E-state index is -0.00411. The average molecular weight is 327 g/mol. The van der Waals surface area contributed by atoms with Gasteiger partial charge in [0.25, 0.3) is 5.91 Å². The number of piperazine rings is 1. The molecule has 126 valence electrons. The van der Waals surface area contributed by atoms with E-state index in [0.29, 0.717) is 44.6 Å². The zero-order valence-electron chi connectivity index (χ0n) is 13.8. The quantitative estimate of drug-likeness (QED) is 0.860. The molecule has 0 radical (unpaired) electrons. The van der Waals surface area contributed by atoms with Crippen LogP contribution in [0.25, 0.3) is 0 Å². The lowest BCUT2D eigenvalue weighted by atomic mass is 10.2. The third-order valence-corrected chi connectivity index (χ3v) is 4.23. The first-order chi connectivity index (χ1) is 11.6. The van der Waals surface area contributed by atoms with E-state index in [-0.39, 0.29) is 11.8 Å². The van der Waals surface area contributed by atoms with E-state index >= 15 is 0 Å². The molecule has 0 spiro atoms. The van der Waals surface area contributed by atoms with Crippen molar-refractivity contribution >= 4 is 11.8 Å². The zero-order valence-corrected chi connectivity index (χ0v) is 13.8. The molecule has 0 bridgehead atoms. The number of nitrogens with zero attached hydrogens (tertiary/aromatic N) is 3. The monoisotopic (exact) mass is 327 g/mol. The first-order valence-electron chi connectivity index (χ1n) is 8.16. The molecule has 2 aromatic rings. The van der Waals surface area contributed by atoms with Gasteiger partial charge in [-0.3, -0.25) is 14.6 Å². The van der Waals surface area contributed by atoms with Crippen molar-refractivity contribution in [2.45, 2.75) is 19.8 Å². The van der Waals surface area contributed by atoms with Crippen molar-refractivity contribution in [3.63, 3.8) is 0 Å². The molecule has 1 aliphatic rings. The summed E-state index contributed by atoms with van der Waals surface area (Å²) in [6.07, 6.45) is 4.28. The zero-order chi connectivity index (χ0) is 16.9. The third kappa shape index (κ3) is 3.82. The molecule has 6 heteroatoms. The molecule has 0 aromatic carbocycles. The van der Waals surface area contributed by atoms with E-state index in [9.17, 15) is 9.59 Å². The van der Waals surface area contributed by atoms with Crippen LogP contribution in [0.15, 0.2) is 41.1 Å². The molecule has 1 saturated heterocycles. The average Bonchev–Trinajstić information content (AvgIpc) is 3.05. The maximum atomic E-state index is 12.4. The van der Waals surface area contributed by atoms with E-state index in [2.05, 4.69) is 4.98 Å². The molecule has 3 heterocycles. The van der Waals surface area contributed by atoms with Crippen LogP contribution in [0.2, 0.25) is 0 Å². The summed E-state index contributed by atoms with van der Waals surface area (Å²) in [6, 6.07) is 7.24. The summed E-state index contributed by atoms with van der Waals surface area (Å²) in [4.78, 5) is 32.2. The fourth-order valence-corrected chi connectivity index (χ4v) is 2.84. The maximum absolute atomic E-state index is 12.4. The highest BCUT2D eigenvalue weighted by Crippen LogP contribution is 2.12. The van der Waals surface area contributed by atoms with Gasteiger partial charge >= 0.3 is 0 Å². The van der Waals surface area contributed by atoms with Crippen LogP contribution in [-0.4, -0.2) is 52.8 Å². The van der Waals surface area contributed by atoms with E-state index in [1.54, 1.807) is 29.4 Å². The van der Waals surface area contributed by atoms with Gasteiger partial charge in [0.2, 0.25) is 5.91 Å². The molecule has 0 aliphatic carbocycles. The van der Waals surface area contributed by atoms with Gasteiger partial charge in [-0.2, -0.15) is 0 Å². The number of hydrogen-bond acceptors (Lipinski definition) is 4. The minimum absolute atomic E-state index is 0.00411. The van der Waals surface area contributed by atoms with Gasteiger partial charge in [-0.05, 0) is 31.2 Å². The van der Waals surface area contributed by atoms with E-state index in [4.69, 9.17) is 4.42 Å². The molecule has 0 N–H and O–H groups in total. The molecular formula is C18H21N3O3. The van der Waals surface area contributed by atoms with E-state index < -0.39 is 0 Å². The Morgan fingerprint density at radius 2 is 1.71 bits per heavy atom. The lowest BCUT2D eigenvalue weighted by Crippen LogP contribution is -2.50. The van der Waals surface area contributed by atoms with Crippen LogP contribution in [0.1, 0.15) is 28.3 Å². The van der Waals surface area contributed by atoms with Gasteiger partial charge in [-0.15, -0.1) is 0 Å². The van der Waals surface area contributed by atoms with Crippen LogP contribution in [0.3, 0.4) is 0 Å². The van der Waals surface area contributed by atoms with Crippen molar-refractivity contribution in [3.05, 3.63) is 53.7 Å². The molecule has 0 unspecified atom stereocenters. The summed E-state index contributed by atoms with van der Waals surface area (Å²) in [7, 11) is 0. The van der Waals surface area contributed by atoms with Gasteiger partial charge < -0.3 is 14.2 Å². The summed E-state index contributed by atoms with van der Waals surface area (Å²) in [5.41, 5.74) is 0.637. The Morgan fingerprint density at radius 1 is 1.04 bits per heavy atom. The summed E-state index contributed by atoms with van der Waals surface area (Å²) >= 11 is 0.